The summed E-state index contributed by atoms with van der Waals surface area (Å²) in [7, 11) is 1.55. The SMILES string of the molecule is COC(=O)C1(C)CCCC2(C)C1CCC13OCC(CC21)C1(C(C)C)OC31. The van der Waals surface area contributed by atoms with E-state index in [0.717, 1.165) is 32.3 Å². The molecule has 3 heterocycles. The molecule has 26 heavy (non-hydrogen) atoms. The molecular formula is C22H34O4. The van der Waals surface area contributed by atoms with Crippen LogP contribution in [0.3, 0.4) is 0 Å². The normalized spacial score (nSPS) is 57.2. The second-order valence-corrected chi connectivity index (χ2v) is 10.6. The number of ether oxygens (including phenoxy) is 3. The highest BCUT2D eigenvalue weighted by atomic mass is 16.7. The zero-order chi connectivity index (χ0) is 18.5. The lowest BCUT2D eigenvalue weighted by Crippen LogP contribution is -2.70. The molecular weight excluding hydrogens is 328 g/mol. The van der Waals surface area contributed by atoms with Crippen molar-refractivity contribution in [2.45, 2.75) is 83.5 Å². The molecule has 0 aromatic carbocycles. The first-order chi connectivity index (χ1) is 12.3. The average molecular weight is 363 g/mol. The summed E-state index contributed by atoms with van der Waals surface area (Å²) in [5.74, 6) is 1.96. The van der Waals surface area contributed by atoms with Crippen molar-refractivity contribution >= 4 is 5.97 Å². The largest absolute Gasteiger partial charge is 0.469 e. The smallest absolute Gasteiger partial charge is 0.311 e. The fourth-order valence-electron chi connectivity index (χ4n) is 8.38. The van der Waals surface area contributed by atoms with E-state index in [-0.39, 0.29) is 34.1 Å². The van der Waals surface area contributed by atoms with Crippen molar-refractivity contribution in [2.24, 2.45) is 34.5 Å². The Kier molecular flexibility index (Phi) is 3.40. The van der Waals surface area contributed by atoms with Crippen molar-refractivity contribution in [1.82, 2.24) is 0 Å². The van der Waals surface area contributed by atoms with Crippen LogP contribution >= 0.6 is 0 Å². The van der Waals surface area contributed by atoms with Crippen LogP contribution in [-0.2, 0) is 19.0 Å². The first-order valence-corrected chi connectivity index (χ1v) is 10.7. The first kappa shape index (κ1) is 17.5. The van der Waals surface area contributed by atoms with Crippen molar-refractivity contribution < 1.29 is 19.0 Å². The average Bonchev–Trinajstić information content (AvgIpc) is 3.40. The van der Waals surface area contributed by atoms with E-state index in [9.17, 15) is 4.79 Å². The molecule has 6 fully saturated rings. The number of rotatable bonds is 2. The molecule has 0 radical (unpaired) electrons. The maximum absolute atomic E-state index is 12.7. The summed E-state index contributed by atoms with van der Waals surface area (Å²) in [6, 6.07) is 0. The van der Waals surface area contributed by atoms with Gasteiger partial charge in [-0.1, -0.05) is 27.2 Å². The zero-order valence-electron chi connectivity index (χ0n) is 17.0. The molecule has 0 amide bonds. The van der Waals surface area contributed by atoms with Crippen LogP contribution in [0.5, 0.6) is 0 Å². The Hall–Kier alpha value is -0.610. The minimum Gasteiger partial charge on any atom is -0.469 e. The monoisotopic (exact) mass is 362 g/mol. The fraction of sp³-hybridized carbons (Fsp3) is 0.955. The molecule has 3 saturated heterocycles. The number of fused-ring (bicyclic) bond motifs is 2. The van der Waals surface area contributed by atoms with Gasteiger partial charge in [0.05, 0.1) is 19.1 Å². The Morgan fingerprint density at radius 3 is 2.62 bits per heavy atom. The molecule has 0 aromatic heterocycles. The molecule has 3 aliphatic heterocycles. The highest BCUT2D eigenvalue weighted by Gasteiger charge is 2.81. The molecule has 0 N–H and O–H groups in total. The topological polar surface area (TPSA) is 48.1 Å². The van der Waals surface area contributed by atoms with Crippen molar-refractivity contribution in [1.29, 1.82) is 0 Å². The first-order valence-electron chi connectivity index (χ1n) is 10.7. The van der Waals surface area contributed by atoms with Crippen molar-refractivity contribution in [2.75, 3.05) is 13.7 Å². The van der Waals surface area contributed by atoms with Crippen LogP contribution in [0.1, 0.15) is 66.2 Å². The molecule has 4 heteroatoms. The highest BCUT2D eigenvalue weighted by molar-refractivity contribution is 5.77. The quantitative estimate of drug-likeness (QED) is 0.551. The summed E-state index contributed by atoms with van der Waals surface area (Å²) in [5.41, 5.74) is -0.246. The summed E-state index contributed by atoms with van der Waals surface area (Å²) in [4.78, 5) is 12.7. The Labute approximate surface area is 157 Å². The van der Waals surface area contributed by atoms with E-state index >= 15 is 0 Å². The van der Waals surface area contributed by atoms with Crippen LogP contribution in [-0.4, -0.2) is 37.0 Å². The Balaban J connectivity index is 1.54. The van der Waals surface area contributed by atoms with Gasteiger partial charge in [-0.05, 0) is 62.2 Å². The van der Waals surface area contributed by atoms with Crippen LogP contribution in [0.15, 0.2) is 0 Å². The molecule has 146 valence electrons. The van der Waals surface area contributed by atoms with Crippen LogP contribution in [0.4, 0.5) is 0 Å². The lowest BCUT2D eigenvalue weighted by molar-refractivity contribution is -0.260. The molecule has 4 nitrogen and oxygen atoms in total. The van der Waals surface area contributed by atoms with Gasteiger partial charge in [0.1, 0.15) is 17.3 Å². The predicted octanol–water partition coefficient (Wildman–Crippen LogP) is 3.96. The summed E-state index contributed by atoms with van der Waals surface area (Å²) in [5, 5.41) is 0. The van der Waals surface area contributed by atoms with Gasteiger partial charge >= 0.3 is 5.97 Å². The zero-order valence-corrected chi connectivity index (χ0v) is 17.0. The molecule has 6 aliphatic rings. The number of hydrogen-bond donors (Lipinski definition) is 0. The van der Waals surface area contributed by atoms with Crippen LogP contribution in [0, 0.1) is 34.5 Å². The van der Waals surface area contributed by atoms with Gasteiger partial charge in [-0.15, -0.1) is 0 Å². The second-order valence-electron chi connectivity index (χ2n) is 10.6. The minimum absolute atomic E-state index is 0.00883. The summed E-state index contributed by atoms with van der Waals surface area (Å²) < 4.78 is 18.4. The maximum Gasteiger partial charge on any atom is 0.311 e. The third kappa shape index (κ3) is 1.73. The molecule has 6 rings (SSSR count). The third-order valence-corrected chi connectivity index (χ3v) is 9.57. The van der Waals surface area contributed by atoms with E-state index < -0.39 is 0 Å². The van der Waals surface area contributed by atoms with E-state index in [1.807, 2.05) is 0 Å². The summed E-state index contributed by atoms with van der Waals surface area (Å²) in [6.07, 6.45) is 6.84. The lowest BCUT2D eigenvalue weighted by Gasteiger charge is -2.66. The number of epoxide rings is 1. The molecule has 8 unspecified atom stereocenters. The van der Waals surface area contributed by atoms with Gasteiger partial charge in [-0.2, -0.15) is 0 Å². The predicted molar refractivity (Wildman–Crippen MR) is 97.5 cm³/mol. The number of esters is 1. The molecule has 1 spiro atoms. The highest BCUT2D eigenvalue weighted by Crippen LogP contribution is 2.74. The molecule has 3 saturated carbocycles. The van der Waals surface area contributed by atoms with Gasteiger partial charge in [0.25, 0.3) is 0 Å². The Morgan fingerprint density at radius 1 is 1.15 bits per heavy atom. The summed E-state index contributed by atoms with van der Waals surface area (Å²) in [6.45, 7) is 10.1. The minimum atomic E-state index is -0.348. The number of methoxy groups -OCH3 is 1. The summed E-state index contributed by atoms with van der Waals surface area (Å²) >= 11 is 0. The lowest BCUT2D eigenvalue weighted by atomic mass is 9.41. The Bertz CT molecular complexity index is 646. The fourth-order valence-corrected chi connectivity index (χ4v) is 8.38. The molecule has 8 atom stereocenters. The number of carbonyl (C=O) groups is 1. The van der Waals surface area contributed by atoms with Crippen molar-refractivity contribution in [3.05, 3.63) is 0 Å². The molecule has 2 bridgehead atoms. The van der Waals surface area contributed by atoms with Gasteiger partial charge in [0.15, 0.2) is 0 Å². The molecule has 3 aliphatic carbocycles. The van der Waals surface area contributed by atoms with E-state index in [1.54, 1.807) is 7.11 Å². The van der Waals surface area contributed by atoms with Crippen LogP contribution in [0.25, 0.3) is 0 Å². The third-order valence-electron chi connectivity index (χ3n) is 9.57. The van der Waals surface area contributed by atoms with Gasteiger partial charge in [0.2, 0.25) is 0 Å². The molecule has 0 aromatic rings. The van der Waals surface area contributed by atoms with Gasteiger partial charge in [0, 0.05) is 5.92 Å². The van der Waals surface area contributed by atoms with Crippen LogP contribution in [0.2, 0.25) is 0 Å². The van der Waals surface area contributed by atoms with Crippen LogP contribution < -0.4 is 0 Å². The van der Waals surface area contributed by atoms with E-state index in [0.29, 0.717) is 23.7 Å². The van der Waals surface area contributed by atoms with Gasteiger partial charge < -0.3 is 14.2 Å². The Morgan fingerprint density at radius 2 is 1.92 bits per heavy atom. The second kappa shape index (κ2) is 5.05. The van der Waals surface area contributed by atoms with Gasteiger partial charge in [-0.25, -0.2) is 0 Å². The van der Waals surface area contributed by atoms with E-state index in [1.165, 1.54) is 12.8 Å². The number of hydrogen-bond acceptors (Lipinski definition) is 4. The van der Waals surface area contributed by atoms with Crippen molar-refractivity contribution in [3.63, 3.8) is 0 Å². The van der Waals surface area contributed by atoms with Crippen molar-refractivity contribution in [3.8, 4) is 0 Å². The maximum atomic E-state index is 12.7. The van der Waals surface area contributed by atoms with E-state index in [4.69, 9.17) is 14.2 Å². The van der Waals surface area contributed by atoms with Gasteiger partial charge in [-0.3, -0.25) is 4.79 Å². The van der Waals surface area contributed by atoms with E-state index in [2.05, 4.69) is 27.7 Å². The number of carbonyl (C=O) groups excluding carboxylic acids is 1. The standard InChI is InChI=1S/C22H34O4/c1-13(2)22-14-11-16-19(3)8-6-9-20(4,18(23)24-5)15(19)7-10-21(16,25-12-14)17(22)26-22/h13-17H,6-12H2,1-5H3.